The van der Waals surface area contributed by atoms with Crippen molar-refractivity contribution in [3.63, 3.8) is 0 Å². The first-order valence-corrected chi connectivity index (χ1v) is 9.77. The molecule has 3 aromatic rings. The number of hydrogen-bond donors (Lipinski definition) is 0. The van der Waals surface area contributed by atoms with Gasteiger partial charge in [0.25, 0.3) is 5.91 Å². The molecule has 0 spiro atoms. The molecule has 144 valence electrons. The number of amides is 1. The topological polar surface area (TPSA) is 41.4 Å². The number of aryl methyl sites for hydroxylation is 2. The zero-order valence-electron chi connectivity index (χ0n) is 16.7. The third kappa shape index (κ3) is 3.52. The minimum atomic E-state index is 0.0418. The van der Waals surface area contributed by atoms with Gasteiger partial charge in [0.2, 0.25) is 0 Å². The van der Waals surface area contributed by atoms with Crippen molar-refractivity contribution in [2.45, 2.75) is 26.8 Å². The highest BCUT2D eigenvalue weighted by molar-refractivity contribution is 5.93. The first-order valence-electron chi connectivity index (χ1n) is 9.77. The molecule has 1 unspecified atom stereocenters. The number of hydrogen-bond acceptors (Lipinski definition) is 3. The largest absolute Gasteiger partial charge is 0.365 e. The number of anilines is 1. The number of nitrogens with zero attached hydrogens (tertiary/aromatic N) is 4. The summed E-state index contributed by atoms with van der Waals surface area (Å²) in [6, 6.07) is 20.5. The summed E-state index contributed by atoms with van der Waals surface area (Å²) in [6.45, 7) is 8.45. The number of aromatic nitrogens is 2. The predicted octanol–water partition coefficient (Wildman–Crippen LogP) is 3.84. The standard InChI is InChI=1S/C23H26N4O/c1-17-8-7-11-21(14-17)26-13-12-25(16-19(26)3)23(28)22-15-18(2)24-27(22)20-9-5-4-6-10-20/h4-11,14-15,19H,12-13,16H2,1-3H3. The van der Waals surface area contributed by atoms with Crippen LogP contribution in [-0.2, 0) is 0 Å². The van der Waals surface area contributed by atoms with E-state index >= 15 is 0 Å². The average Bonchev–Trinajstić information content (AvgIpc) is 3.09. The monoisotopic (exact) mass is 374 g/mol. The summed E-state index contributed by atoms with van der Waals surface area (Å²) in [5.41, 5.74) is 4.86. The van der Waals surface area contributed by atoms with Gasteiger partial charge in [0.1, 0.15) is 5.69 Å². The van der Waals surface area contributed by atoms with Crippen molar-refractivity contribution in [1.29, 1.82) is 0 Å². The Hall–Kier alpha value is -3.08. The second-order valence-corrected chi connectivity index (χ2v) is 7.55. The van der Waals surface area contributed by atoms with Crippen molar-refractivity contribution in [1.82, 2.24) is 14.7 Å². The smallest absolute Gasteiger partial charge is 0.272 e. The number of carbonyl (C=O) groups is 1. The van der Waals surface area contributed by atoms with Gasteiger partial charge in [-0.1, -0.05) is 30.3 Å². The van der Waals surface area contributed by atoms with Crippen LogP contribution in [0.3, 0.4) is 0 Å². The highest BCUT2D eigenvalue weighted by Gasteiger charge is 2.29. The van der Waals surface area contributed by atoms with Crippen molar-refractivity contribution < 1.29 is 4.79 Å². The molecule has 1 fully saturated rings. The molecule has 1 aliphatic heterocycles. The summed E-state index contributed by atoms with van der Waals surface area (Å²) >= 11 is 0. The van der Waals surface area contributed by atoms with Gasteiger partial charge in [0, 0.05) is 31.4 Å². The molecule has 2 aromatic carbocycles. The number of piperazine rings is 1. The molecule has 0 aliphatic carbocycles. The lowest BCUT2D eigenvalue weighted by Gasteiger charge is -2.41. The van der Waals surface area contributed by atoms with E-state index < -0.39 is 0 Å². The normalized spacial score (nSPS) is 17.0. The second-order valence-electron chi connectivity index (χ2n) is 7.55. The Balaban J connectivity index is 1.55. The van der Waals surface area contributed by atoms with Gasteiger partial charge < -0.3 is 9.80 Å². The van der Waals surface area contributed by atoms with Gasteiger partial charge in [-0.25, -0.2) is 4.68 Å². The van der Waals surface area contributed by atoms with Gasteiger partial charge in [-0.15, -0.1) is 0 Å². The number of para-hydroxylation sites is 1. The van der Waals surface area contributed by atoms with Gasteiger partial charge in [-0.2, -0.15) is 5.10 Å². The van der Waals surface area contributed by atoms with Crippen molar-refractivity contribution in [3.8, 4) is 5.69 Å². The van der Waals surface area contributed by atoms with Crippen LogP contribution in [0.5, 0.6) is 0 Å². The van der Waals surface area contributed by atoms with Crippen LogP contribution in [0.4, 0.5) is 5.69 Å². The molecule has 1 saturated heterocycles. The van der Waals surface area contributed by atoms with Crippen LogP contribution in [0.1, 0.15) is 28.7 Å². The highest BCUT2D eigenvalue weighted by Crippen LogP contribution is 2.23. The predicted molar refractivity (Wildman–Crippen MR) is 112 cm³/mol. The molecule has 5 nitrogen and oxygen atoms in total. The lowest BCUT2D eigenvalue weighted by atomic mass is 10.1. The molecule has 1 aliphatic rings. The van der Waals surface area contributed by atoms with Gasteiger partial charge in [0.05, 0.1) is 11.4 Å². The van der Waals surface area contributed by atoms with Crippen LogP contribution in [0.15, 0.2) is 60.7 Å². The SMILES string of the molecule is Cc1cccc(N2CCN(C(=O)c3cc(C)nn3-c3ccccc3)CC2C)c1. The van der Waals surface area contributed by atoms with Gasteiger partial charge in [-0.05, 0) is 56.7 Å². The van der Waals surface area contributed by atoms with E-state index in [0.29, 0.717) is 18.8 Å². The van der Waals surface area contributed by atoms with Crippen LogP contribution in [0.25, 0.3) is 5.69 Å². The fourth-order valence-electron chi connectivity index (χ4n) is 3.91. The zero-order chi connectivity index (χ0) is 19.7. The van der Waals surface area contributed by atoms with Crippen LogP contribution in [0.2, 0.25) is 0 Å². The molecule has 5 heteroatoms. The van der Waals surface area contributed by atoms with Crippen LogP contribution >= 0.6 is 0 Å². The number of benzene rings is 2. The fourth-order valence-corrected chi connectivity index (χ4v) is 3.91. The summed E-state index contributed by atoms with van der Waals surface area (Å²) in [5.74, 6) is 0.0418. The maximum absolute atomic E-state index is 13.3. The fraction of sp³-hybridized carbons (Fsp3) is 0.304. The molecular weight excluding hydrogens is 348 g/mol. The summed E-state index contributed by atoms with van der Waals surface area (Å²) < 4.78 is 1.76. The maximum Gasteiger partial charge on any atom is 0.272 e. The van der Waals surface area contributed by atoms with E-state index in [0.717, 1.165) is 17.9 Å². The van der Waals surface area contributed by atoms with Crippen molar-refractivity contribution >= 4 is 11.6 Å². The molecule has 1 amide bonds. The lowest BCUT2D eigenvalue weighted by molar-refractivity contribution is 0.0717. The third-order valence-corrected chi connectivity index (χ3v) is 5.30. The van der Waals surface area contributed by atoms with Gasteiger partial charge >= 0.3 is 0 Å². The first kappa shape index (κ1) is 18.3. The molecule has 0 bridgehead atoms. The molecular formula is C23H26N4O. The van der Waals surface area contributed by atoms with E-state index in [1.54, 1.807) is 4.68 Å². The van der Waals surface area contributed by atoms with E-state index in [4.69, 9.17) is 0 Å². The summed E-state index contributed by atoms with van der Waals surface area (Å²) in [4.78, 5) is 17.6. The highest BCUT2D eigenvalue weighted by atomic mass is 16.2. The average molecular weight is 374 g/mol. The van der Waals surface area contributed by atoms with Crippen LogP contribution < -0.4 is 4.90 Å². The van der Waals surface area contributed by atoms with Crippen LogP contribution in [-0.4, -0.2) is 46.3 Å². The lowest BCUT2D eigenvalue weighted by Crippen LogP contribution is -2.54. The Morgan fingerprint density at radius 3 is 2.43 bits per heavy atom. The Labute approximate surface area is 166 Å². The summed E-state index contributed by atoms with van der Waals surface area (Å²) in [6.07, 6.45) is 0. The Kier molecular flexibility index (Phi) is 4.90. The molecule has 28 heavy (non-hydrogen) atoms. The minimum absolute atomic E-state index is 0.0418. The molecule has 0 radical (unpaired) electrons. The molecule has 1 aromatic heterocycles. The van der Waals surface area contributed by atoms with Crippen molar-refractivity contribution in [2.75, 3.05) is 24.5 Å². The van der Waals surface area contributed by atoms with E-state index in [1.165, 1.54) is 11.3 Å². The first-order chi connectivity index (χ1) is 13.5. The Bertz CT molecular complexity index is 979. The molecule has 0 N–H and O–H groups in total. The maximum atomic E-state index is 13.3. The van der Waals surface area contributed by atoms with Gasteiger partial charge in [-0.3, -0.25) is 4.79 Å². The zero-order valence-corrected chi connectivity index (χ0v) is 16.7. The summed E-state index contributed by atoms with van der Waals surface area (Å²) in [7, 11) is 0. The van der Waals surface area contributed by atoms with E-state index in [9.17, 15) is 4.79 Å². The molecule has 1 atom stereocenters. The number of carbonyl (C=O) groups excluding carboxylic acids is 1. The third-order valence-electron chi connectivity index (χ3n) is 5.30. The summed E-state index contributed by atoms with van der Waals surface area (Å²) in [5, 5.41) is 4.55. The molecule has 0 saturated carbocycles. The number of rotatable bonds is 3. The minimum Gasteiger partial charge on any atom is -0.365 e. The Morgan fingerprint density at radius 1 is 0.964 bits per heavy atom. The van der Waals surface area contributed by atoms with E-state index in [1.807, 2.05) is 48.2 Å². The second kappa shape index (κ2) is 7.50. The van der Waals surface area contributed by atoms with E-state index in [2.05, 4.69) is 48.1 Å². The van der Waals surface area contributed by atoms with E-state index in [-0.39, 0.29) is 11.9 Å². The van der Waals surface area contributed by atoms with Crippen LogP contribution in [0, 0.1) is 13.8 Å². The van der Waals surface area contributed by atoms with Gasteiger partial charge in [0.15, 0.2) is 0 Å². The van der Waals surface area contributed by atoms with Crippen molar-refractivity contribution in [2.24, 2.45) is 0 Å². The quantitative estimate of drug-likeness (QED) is 0.699. The molecule has 2 heterocycles. The molecule has 4 rings (SSSR count). The van der Waals surface area contributed by atoms with Crippen molar-refractivity contribution in [3.05, 3.63) is 77.6 Å². The Morgan fingerprint density at radius 2 is 1.71 bits per heavy atom.